The molecule has 0 atom stereocenters. The minimum Gasteiger partial charge on any atom is -0.497 e. The van der Waals surface area contributed by atoms with E-state index in [1.807, 2.05) is 6.07 Å². The molecule has 1 aromatic heterocycles. The molecule has 1 N–H and O–H groups in total. The Kier molecular flexibility index (Phi) is 3.38. The van der Waals surface area contributed by atoms with E-state index < -0.39 is 0 Å². The zero-order chi connectivity index (χ0) is 14.1. The molecule has 0 radical (unpaired) electrons. The fourth-order valence-corrected chi connectivity index (χ4v) is 3.08. The van der Waals surface area contributed by atoms with Gasteiger partial charge in [0.15, 0.2) is 5.43 Å². The lowest BCUT2D eigenvalue weighted by Crippen LogP contribution is -2.09. The first-order valence-corrected chi connectivity index (χ1v) is 7.02. The highest BCUT2D eigenvalue weighted by molar-refractivity contribution is 5.86. The van der Waals surface area contributed by atoms with Crippen molar-refractivity contribution in [1.29, 1.82) is 0 Å². The summed E-state index contributed by atoms with van der Waals surface area (Å²) in [6, 6.07) is 5.33. The van der Waals surface area contributed by atoms with Crippen molar-refractivity contribution >= 4 is 10.9 Å². The molecule has 4 nitrogen and oxygen atoms in total. The number of nitrogens with one attached hydrogen (secondary N) is 1. The maximum absolute atomic E-state index is 12.4. The van der Waals surface area contributed by atoms with Crippen molar-refractivity contribution < 1.29 is 9.47 Å². The third-order valence-electron chi connectivity index (χ3n) is 4.14. The minimum absolute atomic E-state index is 0.0140. The molecule has 0 unspecified atom stereocenters. The van der Waals surface area contributed by atoms with E-state index in [9.17, 15) is 4.79 Å². The molecule has 1 fully saturated rings. The van der Waals surface area contributed by atoms with Crippen molar-refractivity contribution in [2.45, 2.75) is 31.6 Å². The van der Waals surface area contributed by atoms with Crippen LogP contribution in [0.25, 0.3) is 10.9 Å². The number of aromatic amines is 1. The predicted molar refractivity (Wildman–Crippen MR) is 78.9 cm³/mol. The van der Waals surface area contributed by atoms with Gasteiger partial charge < -0.3 is 14.5 Å². The average Bonchev–Trinajstić information content (AvgIpc) is 2.99. The molecule has 2 aromatic rings. The smallest absolute Gasteiger partial charge is 0.193 e. The number of methoxy groups -OCH3 is 2. The molecule has 20 heavy (non-hydrogen) atoms. The van der Waals surface area contributed by atoms with E-state index in [1.165, 1.54) is 12.8 Å². The molecular formula is C16H19NO3. The van der Waals surface area contributed by atoms with E-state index >= 15 is 0 Å². The molecule has 4 heteroatoms. The Balaban J connectivity index is 2.21. The van der Waals surface area contributed by atoms with Crippen LogP contribution in [0.2, 0.25) is 0 Å². The summed E-state index contributed by atoms with van der Waals surface area (Å²) in [4.78, 5) is 15.8. The van der Waals surface area contributed by atoms with E-state index in [1.54, 1.807) is 26.4 Å². The predicted octanol–water partition coefficient (Wildman–Crippen LogP) is 3.20. The lowest BCUT2D eigenvalue weighted by Gasteiger charge is -2.13. The van der Waals surface area contributed by atoms with Gasteiger partial charge in [-0.25, -0.2) is 0 Å². The lowest BCUT2D eigenvalue weighted by molar-refractivity contribution is 0.397. The van der Waals surface area contributed by atoms with Crippen LogP contribution in [0.4, 0.5) is 0 Å². The van der Waals surface area contributed by atoms with Crippen molar-refractivity contribution in [2.75, 3.05) is 14.2 Å². The molecule has 3 rings (SSSR count). The maximum Gasteiger partial charge on any atom is 0.193 e. The van der Waals surface area contributed by atoms with Gasteiger partial charge in [-0.2, -0.15) is 0 Å². The molecule has 1 aliphatic rings. The molecule has 1 aliphatic carbocycles. The van der Waals surface area contributed by atoms with E-state index in [4.69, 9.17) is 9.47 Å². The van der Waals surface area contributed by atoms with Gasteiger partial charge in [-0.15, -0.1) is 0 Å². The maximum atomic E-state index is 12.4. The highest BCUT2D eigenvalue weighted by Crippen LogP contribution is 2.34. The Morgan fingerprint density at radius 3 is 2.50 bits per heavy atom. The first kappa shape index (κ1) is 13.0. The molecular weight excluding hydrogens is 254 g/mol. The van der Waals surface area contributed by atoms with Crippen molar-refractivity contribution in [3.05, 3.63) is 34.1 Å². The van der Waals surface area contributed by atoms with E-state index in [-0.39, 0.29) is 5.43 Å². The first-order chi connectivity index (χ1) is 9.72. The van der Waals surface area contributed by atoms with Crippen molar-refractivity contribution in [3.63, 3.8) is 0 Å². The lowest BCUT2D eigenvalue weighted by atomic mass is 10.0. The van der Waals surface area contributed by atoms with E-state index in [0.717, 1.165) is 24.1 Å². The second kappa shape index (κ2) is 5.19. The van der Waals surface area contributed by atoms with Crippen molar-refractivity contribution in [3.8, 4) is 11.5 Å². The van der Waals surface area contributed by atoms with Crippen LogP contribution < -0.4 is 14.9 Å². The van der Waals surface area contributed by atoms with Crippen LogP contribution in [-0.2, 0) is 0 Å². The second-order valence-electron chi connectivity index (χ2n) is 5.32. The number of fused-ring (bicyclic) bond motifs is 1. The fraction of sp³-hybridized carbons (Fsp3) is 0.438. The first-order valence-electron chi connectivity index (χ1n) is 7.02. The van der Waals surface area contributed by atoms with Crippen LogP contribution >= 0.6 is 0 Å². The molecule has 0 saturated heterocycles. The SMILES string of the molecule is COc1cc(OC)c2c(=O)cc(C3CCCC3)[nH]c2c1. The number of hydrogen-bond acceptors (Lipinski definition) is 3. The summed E-state index contributed by atoms with van der Waals surface area (Å²) in [6.45, 7) is 0. The van der Waals surface area contributed by atoms with Gasteiger partial charge in [0.1, 0.15) is 11.5 Å². The molecule has 0 aliphatic heterocycles. The van der Waals surface area contributed by atoms with Gasteiger partial charge in [0, 0.05) is 23.9 Å². The van der Waals surface area contributed by atoms with Crippen molar-refractivity contribution in [1.82, 2.24) is 4.98 Å². The highest BCUT2D eigenvalue weighted by atomic mass is 16.5. The summed E-state index contributed by atoms with van der Waals surface area (Å²) in [5.74, 6) is 1.72. The quantitative estimate of drug-likeness (QED) is 0.934. The zero-order valence-electron chi connectivity index (χ0n) is 11.9. The Labute approximate surface area is 117 Å². The molecule has 106 valence electrons. The average molecular weight is 273 g/mol. The van der Waals surface area contributed by atoms with Gasteiger partial charge >= 0.3 is 0 Å². The number of ether oxygens (including phenoxy) is 2. The number of aromatic nitrogens is 1. The number of benzene rings is 1. The standard InChI is InChI=1S/C16H19NO3/c1-19-11-7-13-16(15(8-11)20-2)14(18)9-12(17-13)10-5-3-4-6-10/h7-10H,3-6H2,1-2H3,(H,17,18). The summed E-state index contributed by atoms with van der Waals surface area (Å²) in [5.41, 5.74) is 1.84. The second-order valence-corrected chi connectivity index (χ2v) is 5.32. The summed E-state index contributed by atoms with van der Waals surface area (Å²) in [6.07, 6.45) is 4.80. The largest absolute Gasteiger partial charge is 0.497 e. The van der Waals surface area contributed by atoms with Crippen LogP contribution in [0.1, 0.15) is 37.3 Å². The topological polar surface area (TPSA) is 51.3 Å². The van der Waals surface area contributed by atoms with Crippen LogP contribution in [0, 0.1) is 0 Å². The Morgan fingerprint density at radius 2 is 1.85 bits per heavy atom. The third kappa shape index (κ3) is 2.15. The van der Waals surface area contributed by atoms with Crippen LogP contribution in [-0.4, -0.2) is 19.2 Å². The van der Waals surface area contributed by atoms with Gasteiger partial charge in [0.05, 0.1) is 25.1 Å². The van der Waals surface area contributed by atoms with Crippen LogP contribution in [0.5, 0.6) is 11.5 Å². The summed E-state index contributed by atoms with van der Waals surface area (Å²) in [5, 5.41) is 0.593. The summed E-state index contributed by atoms with van der Waals surface area (Å²) < 4.78 is 10.6. The molecule has 0 bridgehead atoms. The molecule has 1 saturated carbocycles. The van der Waals surface area contributed by atoms with Gasteiger partial charge in [-0.3, -0.25) is 4.79 Å². The number of hydrogen-bond donors (Lipinski definition) is 1. The van der Waals surface area contributed by atoms with Gasteiger partial charge in [0.25, 0.3) is 0 Å². The normalized spacial score (nSPS) is 15.7. The van der Waals surface area contributed by atoms with E-state index in [2.05, 4.69) is 4.98 Å². The number of H-pyrrole nitrogens is 1. The van der Waals surface area contributed by atoms with Gasteiger partial charge in [-0.05, 0) is 18.8 Å². The molecule has 1 aromatic carbocycles. The zero-order valence-corrected chi connectivity index (χ0v) is 11.9. The Morgan fingerprint density at radius 1 is 1.10 bits per heavy atom. The number of rotatable bonds is 3. The van der Waals surface area contributed by atoms with Crippen LogP contribution in [0.15, 0.2) is 23.0 Å². The summed E-state index contributed by atoms with van der Waals surface area (Å²) in [7, 11) is 3.18. The van der Waals surface area contributed by atoms with Crippen molar-refractivity contribution in [2.24, 2.45) is 0 Å². The molecule has 0 spiro atoms. The Bertz CT molecular complexity index is 684. The van der Waals surface area contributed by atoms with Gasteiger partial charge in [0.2, 0.25) is 0 Å². The minimum atomic E-state index is 0.0140. The monoisotopic (exact) mass is 273 g/mol. The third-order valence-corrected chi connectivity index (χ3v) is 4.14. The van der Waals surface area contributed by atoms with E-state index in [0.29, 0.717) is 22.8 Å². The summed E-state index contributed by atoms with van der Waals surface area (Å²) >= 11 is 0. The Hall–Kier alpha value is -1.97. The molecule has 1 heterocycles. The van der Waals surface area contributed by atoms with Crippen LogP contribution in [0.3, 0.4) is 0 Å². The number of pyridine rings is 1. The fourth-order valence-electron chi connectivity index (χ4n) is 3.08. The molecule has 0 amide bonds. The highest BCUT2D eigenvalue weighted by Gasteiger charge is 2.19. The van der Waals surface area contributed by atoms with Gasteiger partial charge in [-0.1, -0.05) is 12.8 Å².